The molecule has 0 aliphatic carbocycles. The van der Waals surface area contributed by atoms with Gasteiger partial charge in [0.05, 0.1) is 24.1 Å². The highest BCUT2D eigenvalue weighted by Crippen LogP contribution is 2.30. The Morgan fingerprint density at radius 1 is 1.44 bits per heavy atom. The molecule has 142 valence electrons. The van der Waals surface area contributed by atoms with Crippen molar-refractivity contribution < 1.29 is 9.53 Å². The number of amides is 1. The lowest BCUT2D eigenvalue weighted by molar-refractivity contribution is 0.0177. The van der Waals surface area contributed by atoms with Crippen LogP contribution in [0.3, 0.4) is 0 Å². The SMILES string of the molecule is CCC[C@@H](/N=C/N)c1cn(C2CCN(C(=O)OC(C)(C)C)CC2)n1C. The maximum atomic E-state index is 12.2. The highest BCUT2D eigenvalue weighted by Gasteiger charge is 2.29. The van der Waals surface area contributed by atoms with Gasteiger partial charge in [-0.05, 0) is 40.0 Å². The fraction of sp³-hybridized carbons (Fsp3) is 0.778. The lowest BCUT2D eigenvalue weighted by atomic mass is 10.0. The van der Waals surface area contributed by atoms with E-state index in [-0.39, 0.29) is 12.1 Å². The quantitative estimate of drug-likeness (QED) is 0.653. The Morgan fingerprint density at radius 2 is 2.08 bits per heavy atom. The maximum absolute atomic E-state index is 12.2. The molecule has 1 aliphatic rings. The van der Waals surface area contributed by atoms with E-state index in [4.69, 9.17) is 10.5 Å². The summed E-state index contributed by atoms with van der Waals surface area (Å²) in [6.45, 7) is 9.31. The van der Waals surface area contributed by atoms with Crippen LogP contribution in [0, 0.1) is 0 Å². The number of carbonyl (C=O) groups excluding carboxylic acids is 1. The van der Waals surface area contributed by atoms with Crippen LogP contribution >= 0.6 is 0 Å². The van der Waals surface area contributed by atoms with Crippen LogP contribution in [0.25, 0.3) is 0 Å². The molecule has 1 fully saturated rings. The first-order chi connectivity index (χ1) is 11.8. The van der Waals surface area contributed by atoms with Crippen LogP contribution in [0.5, 0.6) is 0 Å². The first kappa shape index (κ1) is 19.4. The Balaban J connectivity index is 1.93. The van der Waals surface area contributed by atoms with Gasteiger partial charge in [-0.1, -0.05) is 13.3 Å². The van der Waals surface area contributed by atoms with Gasteiger partial charge >= 0.3 is 6.09 Å². The Kier molecular flexibility index (Phi) is 6.19. The molecule has 1 aromatic rings. The molecular weight excluding hydrogens is 318 g/mol. The third-order valence-electron chi connectivity index (χ3n) is 4.64. The monoisotopic (exact) mass is 351 g/mol. The van der Waals surface area contributed by atoms with Crippen molar-refractivity contribution in [1.82, 2.24) is 14.3 Å². The van der Waals surface area contributed by atoms with E-state index in [1.54, 1.807) is 0 Å². The Bertz CT molecular complexity index is 588. The largest absolute Gasteiger partial charge is 0.444 e. The highest BCUT2D eigenvalue weighted by molar-refractivity contribution is 5.68. The van der Waals surface area contributed by atoms with Gasteiger partial charge < -0.3 is 15.4 Å². The summed E-state index contributed by atoms with van der Waals surface area (Å²) >= 11 is 0. The molecule has 7 heteroatoms. The number of piperidine rings is 1. The second kappa shape index (κ2) is 7.97. The van der Waals surface area contributed by atoms with Gasteiger partial charge in [0.15, 0.2) is 0 Å². The number of likely N-dealkylation sites (tertiary alicyclic amines) is 1. The molecule has 0 aromatic carbocycles. The molecule has 1 amide bonds. The number of nitrogens with zero attached hydrogens (tertiary/aromatic N) is 4. The van der Waals surface area contributed by atoms with Crippen molar-refractivity contribution in [3.63, 3.8) is 0 Å². The summed E-state index contributed by atoms with van der Waals surface area (Å²) in [7, 11) is 2.07. The average molecular weight is 351 g/mol. The number of hydrogen-bond donors (Lipinski definition) is 1. The predicted molar refractivity (Wildman–Crippen MR) is 99.8 cm³/mol. The third-order valence-corrected chi connectivity index (χ3v) is 4.64. The van der Waals surface area contributed by atoms with Crippen LogP contribution in [-0.4, -0.2) is 45.4 Å². The van der Waals surface area contributed by atoms with Crippen molar-refractivity contribution in [2.24, 2.45) is 17.8 Å². The standard InChI is InChI=1S/C18H33N5O2/c1-6-7-15(20-13-19)16-12-23(21(16)5)14-8-10-22(11-9-14)17(24)25-18(2,3)4/h12-15H,6-11H2,1-5H3,(H2,19,20)/t15-/m1/s1. The Hall–Kier alpha value is -1.92. The second-order valence-corrected chi connectivity index (χ2v) is 7.76. The van der Waals surface area contributed by atoms with Gasteiger partial charge in [0.2, 0.25) is 0 Å². The summed E-state index contributed by atoms with van der Waals surface area (Å²) in [5, 5.41) is 0. The van der Waals surface area contributed by atoms with Gasteiger partial charge in [0.1, 0.15) is 5.60 Å². The molecule has 25 heavy (non-hydrogen) atoms. The number of rotatable bonds is 5. The van der Waals surface area contributed by atoms with E-state index in [1.165, 1.54) is 12.0 Å². The number of nitrogens with two attached hydrogens (primary N) is 1. The molecule has 2 N–H and O–H groups in total. The molecule has 2 heterocycles. The first-order valence-corrected chi connectivity index (χ1v) is 9.21. The van der Waals surface area contributed by atoms with Gasteiger partial charge in [0, 0.05) is 26.3 Å². The van der Waals surface area contributed by atoms with E-state index in [0.29, 0.717) is 6.04 Å². The number of ether oxygens (including phenoxy) is 1. The van der Waals surface area contributed by atoms with Crippen LogP contribution in [0.15, 0.2) is 11.2 Å². The molecule has 7 nitrogen and oxygen atoms in total. The van der Waals surface area contributed by atoms with Crippen molar-refractivity contribution in [2.45, 2.75) is 71.1 Å². The molecular formula is C18H33N5O2. The summed E-state index contributed by atoms with van der Waals surface area (Å²) in [4.78, 5) is 18.4. The van der Waals surface area contributed by atoms with E-state index in [1.807, 2.05) is 25.7 Å². The molecule has 1 aromatic heterocycles. The van der Waals surface area contributed by atoms with Gasteiger partial charge in [-0.2, -0.15) is 0 Å². The summed E-state index contributed by atoms with van der Waals surface area (Å²) < 4.78 is 9.90. The molecule has 2 rings (SSSR count). The van der Waals surface area contributed by atoms with Crippen LogP contribution in [0.1, 0.15) is 71.2 Å². The average Bonchev–Trinajstić information content (AvgIpc) is 2.53. The zero-order valence-electron chi connectivity index (χ0n) is 16.2. The molecule has 0 radical (unpaired) electrons. The van der Waals surface area contributed by atoms with E-state index in [9.17, 15) is 4.79 Å². The maximum Gasteiger partial charge on any atom is 0.410 e. The van der Waals surface area contributed by atoms with Gasteiger partial charge in [0.25, 0.3) is 0 Å². The fourth-order valence-electron chi connectivity index (χ4n) is 3.35. The van der Waals surface area contributed by atoms with Crippen molar-refractivity contribution in [3.05, 3.63) is 11.9 Å². The molecule has 0 bridgehead atoms. The van der Waals surface area contributed by atoms with E-state index >= 15 is 0 Å². The van der Waals surface area contributed by atoms with Crippen molar-refractivity contribution >= 4 is 12.4 Å². The minimum absolute atomic E-state index is 0.137. The lowest BCUT2D eigenvalue weighted by Gasteiger charge is -2.38. The smallest absolute Gasteiger partial charge is 0.410 e. The topological polar surface area (TPSA) is 77.8 Å². The van der Waals surface area contributed by atoms with Crippen LogP contribution in [0.2, 0.25) is 0 Å². The van der Waals surface area contributed by atoms with Crippen LogP contribution < -0.4 is 5.73 Å². The molecule has 1 atom stereocenters. The van der Waals surface area contributed by atoms with Crippen LogP contribution in [-0.2, 0) is 11.8 Å². The molecule has 0 unspecified atom stereocenters. The van der Waals surface area contributed by atoms with Crippen molar-refractivity contribution in [2.75, 3.05) is 13.1 Å². The summed E-state index contributed by atoms with van der Waals surface area (Å²) in [6, 6.07) is 0.551. The fourth-order valence-corrected chi connectivity index (χ4v) is 3.35. The minimum Gasteiger partial charge on any atom is -0.444 e. The van der Waals surface area contributed by atoms with Crippen LogP contribution in [0.4, 0.5) is 4.79 Å². The summed E-state index contributed by atoms with van der Waals surface area (Å²) in [5.74, 6) is 0. The van der Waals surface area contributed by atoms with E-state index < -0.39 is 5.60 Å². The molecule has 1 aliphatic heterocycles. The van der Waals surface area contributed by atoms with E-state index in [0.717, 1.165) is 38.8 Å². The van der Waals surface area contributed by atoms with E-state index in [2.05, 4.69) is 34.5 Å². The number of aromatic nitrogens is 2. The van der Waals surface area contributed by atoms with Gasteiger partial charge in [-0.15, -0.1) is 0 Å². The summed E-state index contributed by atoms with van der Waals surface area (Å²) in [6.07, 6.45) is 7.31. The normalized spacial score (nSPS) is 18.0. The van der Waals surface area contributed by atoms with Crippen molar-refractivity contribution in [3.8, 4) is 0 Å². The number of carbonyl (C=O) groups is 1. The lowest BCUT2D eigenvalue weighted by Crippen LogP contribution is -2.43. The van der Waals surface area contributed by atoms with Gasteiger partial charge in [-0.25, -0.2) is 4.79 Å². The van der Waals surface area contributed by atoms with Crippen molar-refractivity contribution in [1.29, 1.82) is 0 Å². The molecule has 0 saturated carbocycles. The number of hydrogen-bond acceptors (Lipinski definition) is 3. The summed E-state index contributed by atoms with van der Waals surface area (Å²) in [5.41, 5.74) is 6.25. The predicted octanol–water partition coefficient (Wildman–Crippen LogP) is 3.23. The van der Waals surface area contributed by atoms with Gasteiger partial charge in [-0.3, -0.25) is 14.4 Å². The molecule has 1 saturated heterocycles. The zero-order valence-corrected chi connectivity index (χ0v) is 16.2. The Morgan fingerprint density at radius 3 is 2.56 bits per heavy atom. The Labute approximate surface area is 150 Å². The first-order valence-electron chi connectivity index (χ1n) is 9.21. The molecule has 0 spiro atoms. The second-order valence-electron chi connectivity index (χ2n) is 7.76. The third kappa shape index (κ3) is 4.80. The number of aliphatic imine (C=N–C) groups is 1. The zero-order chi connectivity index (χ0) is 18.6. The highest BCUT2D eigenvalue weighted by atomic mass is 16.6. The minimum atomic E-state index is -0.443.